The summed E-state index contributed by atoms with van der Waals surface area (Å²) in [6.45, 7) is 2.70. The van der Waals surface area contributed by atoms with Gasteiger partial charge in [-0.1, -0.05) is 12.1 Å². The summed E-state index contributed by atoms with van der Waals surface area (Å²) in [4.78, 5) is 20.7. The third kappa shape index (κ3) is 3.25. The minimum Gasteiger partial charge on any atom is -0.365 e. The molecule has 0 amide bonds. The van der Waals surface area contributed by atoms with Gasteiger partial charge in [0.1, 0.15) is 17.7 Å². The molecule has 0 atom stereocenters. The molecule has 0 bridgehead atoms. The number of fused-ring (bicyclic) bond motifs is 2. The highest BCUT2D eigenvalue weighted by Gasteiger charge is 2.06. The molecule has 0 spiro atoms. The lowest BCUT2D eigenvalue weighted by Crippen LogP contribution is -2.02. The molecule has 28 heavy (non-hydrogen) atoms. The lowest BCUT2D eigenvalue weighted by atomic mass is 10.2. The zero-order chi connectivity index (χ0) is 18.9. The molecule has 5 rings (SSSR count). The van der Waals surface area contributed by atoms with E-state index in [1.165, 1.54) is 0 Å². The van der Waals surface area contributed by atoms with Crippen molar-refractivity contribution >= 4 is 50.2 Å². The number of aryl methyl sites for hydroxylation is 1. The van der Waals surface area contributed by atoms with Crippen molar-refractivity contribution in [2.24, 2.45) is 0 Å². The van der Waals surface area contributed by atoms with E-state index in [1.807, 2.05) is 42.8 Å². The molecule has 0 saturated heterocycles. The molecular formula is C20H17N7S. The lowest BCUT2D eigenvalue weighted by molar-refractivity contribution is 1.11. The molecule has 5 aromatic rings. The van der Waals surface area contributed by atoms with E-state index < -0.39 is 0 Å². The number of pyridine rings is 1. The average Bonchev–Trinajstić information content (AvgIpc) is 3.33. The first-order chi connectivity index (χ1) is 13.7. The first kappa shape index (κ1) is 16.6. The van der Waals surface area contributed by atoms with Gasteiger partial charge in [-0.2, -0.15) is 0 Å². The summed E-state index contributed by atoms with van der Waals surface area (Å²) in [5.41, 5.74) is 5.81. The smallest absolute Gasteiger partial charge is 0.206 e. The van der Waals surface area contributed by atoms with E-state index >= 15 is 0 Å². The Hall–Kier alpha value is -3.52. The van der Waals surface area contributed by atoms with Gasteiger partial charge in [0.25, 0.3) is 0 Å². The fourth-order valence-corrected chi connectivity index (χ4v) is 3.81. The van der Waals surface area contributed by atoms with Crippen molar-refractivity contribution in [3.8, 4) is 0 Å². The van der Waals surface area contributed by atoms with Crippen LogP contribution in [0.5, 0.6) is 0 Å². The van der Waals surface area contributed by atoms with Gasteiger partial charge in [0.15, 0.2) is 5.65 Å². The Morgan fingerprint density at radius 3 is 2.82 bits per heavy atom. The van der Waals surface area contributed by atoms with E-state index in [0.717, 1.165) is 44.0 Å². The number of anilines is 3. The molecule has 4 heterocycles. The second-order valence-electron chi connectivity index (χ2n) is 6.50. The van der Waals surface area contributed by atoms with Crippen molar-refractivity contribution < 1.29 is 0 Å². The highest BCUT2D eigenvalue weighted by Crippen LogP contribution is 2.25. The van der Waals surface area contributed by atoms with Crippen LogP contribution in [0.2, 0.25) is 0 Å². The number of hydrogen-bond acceptors (Lipinski definition) is 7. The lowest BCUT2D eigenvalue weighted by Gasteiger charge is -2.08. The van der Waals surface area contributed by atoms with Crippen LogP contribution in [0.15, 0.2) is 54.3 Å². The van der Waals surface area contributed by atoms with Crippen LogP contribution in [0, 0.1) is 6.92 Å². The van der Waals surface area contributed by atoms with Crippen molar-refractivity contribution in [2.45, 2.75) is 13.5 Å². The Labute approximate surface area is 164 Å². The molecular weight excluding hydrogens is 370 g/mol. The van der Waals surface area contributed by atoms with Gasteiger partial charge in [-0.15, -0.1) is 11.3 Å². The molecule has 0 aliphatic heterocycles. The summed E-state index contributed by atoms with van der Waals surface area (Å²) in [5, 5.41) is 8.71. The molecule has 0 radical (unpaired) electrons. The van der Waals surface area contributed by atoms with Gasteiger partial charge in [-0.25, -0.2) is 19.9 Å². The number of H-pyrrole nitrogens is 1. The van der Waals surface area contributed by atoms with E-state index in [0.29, 0.717) is 12.5 Å². The van der Waals surface area contributed by atoms with Gasteiger partial charge < -0.3 is 15.6 Å². The average molecular weight is 387 g/mol. The Morgan fingerprint density at radius 1 is 1.04 bits per heavy atom. The van der Waals surface area contributed by atoms with Crippen LogP contribution in [-0.2, 0) is 6.54 Å². The number of aromatic amines is 1. The van der Waals surface area contributed by atoms with Crippen molar-refractivity contribution in [3.63, 3.8) is 0 Å². The number of hydrogen-bond donors (Lipinski definition) is 3. The van der Waals surface area contributed by atoms with Gasteiger partial charge in [0, 0.05) is 18.4 Å². The van der Waals surface area contributed by atoms with E-state index in [1.54, 1.807) is 17.7 Å². The summed E-state index contributed by atoms with van der Waals surface area (Å²) in [6, 6.07) is 12.2. The molecule has 138 valence electrons. The second-order valence-corrected chi connectivity index (χ2v) is 7.41. The molecule has 3 N–H and O–H groups in total. The number of nitrogens with zero attached hydrogens (tertiary/aromatic N) is 4. The first-order valence-electron chi connectivity index (χ1n) is 8.85. The molecule has 0 aliphatic rings. The molecule has 0 fully saturated rings. The summed E-state index contributed by atoms with van der Waals surface area (Å²) in [7, 11) is 0. The quantitative estimate of drug-likeness (QED) is 0.407. The minimum atomic E-state index is 0.681. The SMILES string of the molecule is Cc1cnc2[nH]c(Nc3ccc(CNc4ncnc5ccsc45)cc3)nc2c1. The topological polar surface area (TPSA) is 91.4 Å². The van der Waals surface area contributed by atoms with Crippen LogP contribution in [0.4, 0.5) is 17.5 Å². The van der Waals surface area contributed by atoms with E-state index in [-0.39, 0.29) is 0 Å². The van der Waals surface area contributed by atoms with Gasteiger partial charge in [-0.3, -0.25) is 0 Å². The number of benzene rings is 1. The Morgan fingerprint density at radius 2 is 1.93 bits per heavy atom. The first-order valence-corrected chi connectivity index (χ1v) is 9.73. The summed E-state index contributed by atoms with van der Waals surface area (Å²) >= 11 is 1.64. The zero-order valence-corrected chi connectivity index (χ0v) is 15.9. The Balaban J connectivity index is 1.28. The van der Waals surface area contributed by atoms with E-state index in [9.17, 15) is 0 Å². The van der Waals surface area contributed by atoms with Crippen molar-refractivity contribution in [1.29, 1.82) is 0 Å². The van der Waals surface area contributed by atoms with Crippen LogP contribution >= 0.6 is 11.3 Å². The van der Waals surface area contributed by atoms with Crippen LogP contribution < -0.4 is 10.6 Å². The van der Waals surface area contributed by atoms with E-state index in [2.05, 4.69) is 47.7 Å². The van der Waals surface area contributed by atoms with Crippen molar-refractivity contribution in [3.05, 3.63) is 65.4 Å². The molecule has 4 aromatic heterocycles. The summed E-state index contributed by atoms with van der Waals surface area (Å²) in [5.74, 6) is 1.55. The standard InChI is InChI=1S/C20H17N7S/c1-12-8-16-18(21-9-12)27-20(26-16)25-14-4-2-13(3-5-14)10-22-19-17-15(6-7-28-17)23-11-24-19/h2-9,11H,10H2,1H3,(H,22,23,24)(H2,21,25,26,27). The normalized spacial score (nSPS) is 11.2. The largest absolute Gasteiger partial charge is 0.365 e. The Bertz CT molecular complexity index is 1260. The molecule has 1 aromatic carbocycles. The van der Waals surface area contributed by atoms with E-state index in [4.69, 9.17) is 0 Å². The highest BCUT2D eigenvalue weighted by molar-refractivity contribution is 7.17. The molecule has 0 unspecified atom stereocenters. The molecule has 7 nitrogen and oxygen atoms in total. The molecule has 0 aliphatic carbocycles. The summed E-state index contributed by atoms with van der Waals surface area (Å²) in [6.07, 6.45) is 3.42. The number of imidazole rings is 1. The number of aromatic nitrogens is 5. The van der Waals surface area contributed by atoms with Crippen LogP contribution in [-0.4, -0.2) is 24.9 Å². The predicted octanol–water partition coefficient (Wildman–Crippen LogP) is 4.63. The van der Waals surface area contributed by atoms with Crippen LogP contribution in [0.25, 0.3) is 21.4 Å². The molecule has 0 saturated carbocycles. The monoisotopic (exact) mass is 387 g/mol. The third-order valence-electron chi connectivity index (χ3n) is 4.39. The van der Waals surface area contributed by atoms with Crippen molar-refractivity contribution in [1.82, 2.24) is 24.9 Å². The minimum absolute atomic E-state index is 0.681. The van der Waals surface area contributed by atoms with Crippen LogP contribution in [0.3, 0.4) is 0 Å². The second kappa shape index (κ2) is 6.90. The summed E-state index contributed by atoms with van der Waals surface area (Å²) < 4.78 is 1.08. The van der Waals surface area contributed by atoms with Gasteiger partial charge in [-0.05, 0) is 47.7 Å². The fraction of sp³-hybridized carbons (Fsp3) is 0.100. The number of rotatable bonds is 5. The maximum absolute atomic E-state index is 4.54. The predicted molar refractivity (Wildman–Crippen MR) is 113 cm³/mol. The Kier molecular flexibility index (Phi) is 4.10. The van der Waals surface area contributed by atoms with Crippen LogP contribution in [0.1, 0.15) is 11.1 Å². The third-order valence-corrected chi connectivity index (χ3v) is 5.30. The maximum atomic E-state index is 4.54. The van der Waals surface area contributed by atoms with Gasteiger partial charge in [0.2, 0.25) is 5.95 Å². The highest BCUT2D eigenvalue weighted by atomic mass is 32.1. The van der Waals surface area contributed by atoms with Gasteiger partial charge in [0.05, 0.1) is 10.2 Å². The number of nitrogens with one attached hydrogen (secondary N) is 3. The zero-order valence-electron chi connectivity index (χ0n) is 15.1. The fourth-order valence-electron chi connectivity index (χ4n) is 3.00. The number of thiophene rings is 1. The van der Waals surface area contributed by atoms with Gasteiger partial charge >= 0.3 is 0 Å². The maximum Gasteiger partial charge on any atom is 0.206 e. The molecule has 8 heteroatoms. The van der Waals surface area contributed by atoms with Crippen molar-refractivity contribution in [2.75, 3.05) is 10.6 Å².